The highest BCUT2D eigenvalue weighted by Gasteiger charge is 2.30. The number of anilines is 2. The maximum absolute atomic E-state index is 13.1. The Kier molecular flexibility index (Phi) is 5.18. The number of nitrogens with zero attached hydrogens (tertiary/aromatic N) is 6. The van der Waals surface area contributed by atoms with Crippen molar-refractivity contribution in [3.8, 4) is 0 Å². The summed E-state index contributed by atoms with van der Waals surface area (Å²) in [5.74, 6) is 1.49. The number of fused-ring (bicyclic) bond motifs is 1. The van der Waals surface area contributed by atoms with Gasteiger partial charge in [0.25, 0.3) is 0 Å². The SMILES string of the molecule is Cc1cc(N(C)C)nc(N2CCN(S(=O)(=O)c3ccc4nc(C)sc4c3)CC2)n1. The quantitative estimate of drug-likeness (QED) is 0.625. The van der Waals surface area contributed by atoms with Gasteiger partial charge in [0.05, 0.1) is 20.1 Å². The Morgan fingerprint density at radius 3 is 2.41 bits per heavy atom. The number of hydrogen-bond acceptors (Lipinski definition) is 8. The van der Waals surface area contributed by atoms with Crippen molar-refractivity contribution < 1.29 is 8.42 Å². The van der Waals surface area contributed by atoms with Gasteiger partial charge in [-0.15, -0.1) is 11.3 Å². The Morgan fingerprint density at radius 1 is 1.00 bits per heavy atom. The fraction of sp³-hybridized carbons (Fsp3) is 0.421. The van der Waals surface area contributed by atoms with E-state index in [-0.39, 0.29) is 0 Å². The summed E-state index contributed by atoms with van der Waals surface area (Å²) in [4.78, 5) is 17.9. The standard InChI is InChI=1S/C19H24N6O2S2/c1-13-11-18(23(3)4)22-19(20-13)24-7-9-25(10-8-24)29(26,27)15-5-6-16-17(12-15)28-14(2)21-16/h5-6,11-12H,7-10H2,1-4H3. The fourth-order valence-corrected chi connectivity index (χ4v) is 5.76. The first kappa shape index (κ1) is 20.0. The Labute approximate surface area is 174 Å². The molecule has 0 atom stereocenters. The van der Waals surface area contributed by atoms with E-state index in [2.05, 4.69) is 15.0 Å². The Bertz CT molecular complexity index is 1150. The van der Waals surface area contributed by atoms with Crippen LogP contribution in [-0.2, 0) is 10.0 Å². The highest BCUT2D eigenvalue weighted by atomic mass is 32.2. The molecular weight excluding hydrogens is 408 g/mol. The number of hydrogen-bond donors (Lipinski definition) is 0. The highest BCUT2D eigenvalue weighted by Crippen LogP contribution is 2.27. The van der Waals surface area contributed by atoms with E-state index in [0.29, 0.717) is 37.0 Å². The second kappa shape index (κ2) is 7.51. The monoisotopic (exact) mass is 432 g/mol. The first-order valence-corrected chi connectivity index (χ1v) is 11.6. The lowest BCUT2D eigenvalue weighted by Crippen LogP contribution is -2.49. The molecule has 0 radical (unpaired) electrons. The molecule has 4 rings (SSSR count). The second-order valence-corrected chi connectivity index (χ2v) is 10.5. The Hall–Kier alpha value is -2.30. The molecule has 10 heteroatoms. The highest BCUT2D eigenvalue weighted by molar-refractivity contribution is 7.89. The molecule has 0 aliphatic carbocycles. The number of aromatic nitrogens is 3. The van der Waals surface area contributed by atoms with Gasteiger partial charge >= 0.3 is 0 Å². The van der Waals surface area contributed by atoms with Crippen molar-refractivity contribution in [2.45, 2.75) is 18.7 Å². The summed E-state index contributed by atoms with van der Waals surface area (Å²) in [6, 6.07) is 7.10. The minimum Gasteiger partial charge on any atom is -0.363 e. The van der Waals surface area contributed by atoms with Crippen LogP contribution in [0, 0.1) is 13.8 Å². The average molecular weight is 433 g/mol. The van der Waals surface area contributed by atoms with E-state index in [9.17, 15) is 8.42 Å². The number of benzene rings is 1. The van der Waals surface area contributed by atoms with Gasteiger partial charge in [0.15, 0.2) is 0 Å². The first-order valence-electron chi connectivity index (χ1n) is 9.39. The molecule has 1 aliphatic heterocycles. The molecule has 3 heterocycles. The van der Waals surface area contributed by atoms with Crippen LogP contribution >= 0.6 is 11.3 Å². The smallest absolute Gasteiger partial charge is 0.243 e. The van der Waals surface area contributed by atoms with Crippen molar-refractivity contribution in [2.75, 3.05) is 50.1 Å². The van der Waals surface area contributed by atoms with Gasteiger partial charge < -0.3 is 9.80 Å². The summed E-state index contributed by atoms with van der Waals surface area (Å²) in [7, 11) is 0.341. The molecule has 0 bridgehead atoms. The minimum atomic E-state index is -3.54. The second-order valence-electron chi connectivity index (χ2n) is 7.32. The Morgan fingerprint density at radius 2 is 1.72 bits per heavy atom. The largest absolute Gasteiger partial charge is 0.363 e. The normalized spacial score (nSPS) is 15.8. The van der Waals surface area contributed by atoms with Crippen LogP contribution in [0.1, 0.15) is 10.7 Å². The molecule has 0 unspecified atom stereocenters. The summed E-state index contributed by atoms with van der Waals surface area (Å²) in [6.07, 6.45) is 0. The molecule has 1 fully saturated rings. The summed E-state index contributed by atoms with van der Waals surface area (Å²) in [6.45, 7) is 5.77. The van der Waals surface area contributed by atoms with Gasteiger partial charge in [0.1, 0.15) is 5.82 Å². The summed E-state index contributed by atoms with van der Waals surface area (Å²) in [5, 5.41) is 0.929. The van der Waals surface area contributed by atoms with Crippen molar-refractivity contribution in [1.29, 1.82) is 0 Å². The van der Waals surface area contributed by atoms with Crippen LogP contribution < -0.4 is 9.80 Å². The maximum Gasteiger partial charge on any atom is 0.243 e. The molecule has 1 aromatic carbocycles. The van der Waals surface area contributed by atoms with Gasteiger partial charge in [-0.05, 0) is 32.0 Å². The van der Waals surface area contributed by atoms with Crippen LogP contribution in [0.4, 0.5) is 11.8 Å². The third kappa shape index (κ3) is 3.92. The van der Waals surface area contributed by atoms with E-state index in [1.165, 1.54) is 11.3 Å². The van der Waals surface area contributed by atoms with Crippen LogP contribution in [-0.4, -0.2) is 67.9 Å². The topological polar surface area (TPSA) is 82.5 Å². The van der Waals surface area contributed by atoms with Gasteiger partial charge in [0.2, 0.25) is 16.0 Å². The molecule has 8 nitrogen and oxygen atoms in total. The fourth-order valence-electron chi connectivity index (χ4n) is 3.37. The lowest BCUT2D eigenvalue weighted by atomic mass is 10.3. The molecule has 29 heavy (non-hydrogen) atoms. The maximum atomic E-state index is 13.1. The zero-order valence-electron chi connectivity index (χ0n) is 17.0. The van der Waals surface area contributed by atoms with E-state index in [1.54, 1.807) is 22.5 Å². The number of thiazole rings is 1. The summed E-state index contributed by atoms with van der Waals surface area (Å²) < 4.78 is 28.7. The van der Waals surface area contributed by atoms with Gasteiger partial charge in [-0.25, -0.2) is 18.4 Å². The Balaban J connectivity index is 1.52. The third-order valence-corrected chi connectivity index (χ3v) is 7.74. The minimum absolute atomic E-state index is 0.323. The summed E-state index contributed by atoms with van der Waals surface area (Å²) in [5.41, 5.74) is 1.73. The predicted molar refractivity (Wildman–Crippen MR) is 116 cm³/mol. The molecule has 1 saturated heterocycles. The molecule has 0 saturated carbocycles. The molecule has 0 spiro atoms. The lowest BCUT2D eigenvalue weighted by Gasteiger charge is -2.34. The number of rotatable bonds is 4. The van der Waals surface area contributed by atoms with Gasteiger partial charge in [-0.3, -0.25) is 0 Å². The van der Waals surface area contributed by atoms with E-state index in [1.807, 2.05) is 43.8 Å². The van der Waals surface area contributed by atoms with Crippen LogP contribution in [0.2, 0.25) is 0 Å². The number of piperazine rings is 1. The number of aryl methyl sites for hydroxylation is 2. The van der Waals surface area contributed by atoms with Crippen LogP contribution in [0.15, 0.2) is 29.2 Å². The van der Waals surface area contributed by atoms with Crippen molar-refractivity contribution in [1.82, 2.24) is 19.3 Å². The van der Waals surface area contributed by atoms with E-state index in [0.717, 1.165) is 26.7 Å². The zero-order valence-corrected chi connectivity index (χ0v) is 18.6. The van der Waals surface area contributed by atoms with Crippen molar-refractivity contribution in [3.63, 3.8) is 0 Å². The molecule has 0 N–H and O–H groups in total. The van der Waals surface area contributed by atoms with Gasteiger partial charge in [-0.1, -0.05) is 0 Å². The number of sulfonamides is 1. The third-order valence-electron chi connectivity index (χ3n) is 4.91. The van der Waals surface area contributed by atoms with Crippen molar-refractivity contribution in [3.05, 3.63) is 35.0 Å². The molecule has 2 aromatic heterocycles. The molecule has 154 valence electrons. The van der Waals surface area contributed by atoms with E-state index >= 15 is 0 Å². The van der Waals surface area contributed by atoms with Crippen molar-refractivity contribution >= 4 is 43.3 Å². The predicted octanol–water partition coefficient (Wildman–Crippen LogP) is 2.28. The molecule has 0 amide bonds. The van der Waals surface area contributed by atoms with Crippen LogP contribution in [0.3, 0.4) is 0 Å². The lowest BCUT2D eigenvalue weighted by molar-refractivity contribution is 0.382. The molecular formula is C19H24N6O2S2. The van der Waals surface area contributed by atoms with Gasteiger partial charge in [0, 0.05) is 52.0 Å². The van der Waals surface area contributed by atoms with E-state index < -0.39 is 10.0 Å². The van der Waals surface area contributed by atoms with E-state index in [4.69, 9.17) is 0 Å². The van der Waals surface area contributed by atoms with Crippen LogP contribution in [0.5, 0.6) is 0 Å². The zero-order chi connectivity index (χ0) is 20.8. The average Bonchev–Trinajstić information content (AvgIpc) is 3.06. The first-order chi connectivity index (χ1) is 13.7. The molecule has 3 aromatic rings. The summed E-state index contributed by atoms with van der Waals surface area (Å²) >= 11 is 1.51. The van der Waals surface area contributed by atoms with Crippen LogP contribution in [0.25, 0.3) is 10.2 Å². The van der Waals surface area contributed by atoms with Crippen molar-refractivity contribution in [2.24, 2.45) is 0 Å². The van der Waals surface area contributed by atoms with Gasteiger partial charge in [-0.2, -0.15) is 9.29 Å². The molecule has 1 aliphatic rings.